The molecular weight excluding hydrogens is 246 g/mol. The molecule has 0 radical (unpaired) electrons. The lowest BCUT2D eigenvalue weighted by Crippen LogP contribution is -2.19. The molecule has 20 heavy (non-hydrogen) atoms. The van der Waals surface area contributed by atoms with Crippen molar-refractivity contribution in [3.63, 3.8) is 0 Å². The van der Waals surface area contributed by atoms with Crippen molar-refractivity contribution in [1.82, 2.24) is 4.98 Å². The molecule has 1 aromatic heterocycles. The number of hydrogen-bond acceptors (Lipinski definition) is 3. The first-order chi connectivity index (χ1) is 9.86. The Morgan fingerprint density at radius 3 is 2.60 bits per heavy atom. The largest absolute Gasteiger partial charge is 0.367 e. The lowest BCUT2D eigenvalue weighted by Gasteiger charge is -2.17. The van der Waals surface area contributed by atoms with Crippen LogP contribution in [0, 0.1) is 11.3 Å². The number of nitrogens with one attached hydrogen (secondary N) is 1. The summed E-state index contributed by atoms with van der Waals surface area (Å²) in [5.41, 5.74) is 1.59. The molecule has 1 saturated carbocycles. The van der Waals surface area contributed by atoms with Crippen molar-refractivity contribution in [3.8, 4) is 6.07 Å². The zero-order chi connectivity index (χ0) is 13.8. The summed E-state index contributed by atoms with van der Waals surface area (Å²) in [4.78, 5) is 4.65. The quantitative estimate of drug-likeness (QED) is 0.826. The average Bonchev–Trinajstić information content (AvgIpc) is 2.75. The molecule has 3 rings (SSSR count). The molecule has 1 aliphatic carbocycles. The number of hydrogen-bond donors (Lipinski definition) is 1. The maximum Gasteiger partial charge on any atom is 0.128 e. The molecule has 0 amide bonds. The normalized spacial score (nSPS) is 16.6. The van der Waals surface area contributed by atoms with Crippen molar-refractivity contribution in [1.29, 1.82) is 5.26 Å². The highest BCUT2D eigenvalue weighted by Crippen LogP contribution is 2.24. The lowest BCUT2D eigenvalue weighted by molar-refractivity contribution is 0.618. The fourth-order valence-electron chi connectivity index (χ4n) is 2.97. The monoisotopic (exact) mass is 265 g/mol. The second-order valence-electron chi connectivity index (χ2n) is 5.52. The van der Waals surface area contributed by atoms with Gasteiger partial charge in [-0.05, 0) is 25.0 Å². The van der Waals surface area contributed by atoms with Gasteiger partial charge >= 0.3 is 0 Å². The van der Waals surface area contributed by atoms with Crippen LogP contribution in [0.5, 0.6) is 0 Å². The van der Waals surface area contributed by atoms with Crippen LogP contribution in [0.2, 0.25) is 0 Å². The van der Waals surface area contributed by atoms with E-state index in [1.165, 1.54) is 38.5 Å². The van der Waals surface area contributed by atoms with Gasteiger partial charge in [-0.15, -0.1) is 0 Å². The summed E-state index contributed by atoms with van der Waals surface area (Å²) in [5.74, 6) is 0.840. The highest BCUT2D eigenvalue weighted by atomic mass is 15.0. The number of benzene rings is 1. The molecule has 1 aliphatic rings. The molecule has 1 N–H and O–H groups in total. The fourth-order valence-corrected chi connectivity index (χ4v) is 2.97. The molecule has 102 valence electrons. The summed E-state index contributed by atoms with van der Waals surface area (Å²) >= 11 is 0. The minimum atomic E-state index is 0.498. The molecule has 3 heteroatoms. The molecule has 3 nitrogen and oxygen atoms in total. The van der Waals surface area contributed by atoms with Crippen LogP contribution in [0.15, 0.2) is 30.3 Å². The van der Waals surface area contributed by atoms with Crippen molar-refractivity contribution in [2.45, 2.75) is 44.6 Å². The predicted molar refractivity (Wildman–Crippen MR) is 81.6 cm³/mol. The average molecular weight is 265 g/mol. The highest BCUT2D eigenvalue weighted by Gasteiger charge is 2.13. The van der Waals surface area contributed by atoms with Crippen LogP contribution in [0.25, 0.3) is 10.9 Å². The third-order valence-corrected chi connectivity index (χ3v) is 4.04. The maximum absolute atomic E-state index is 9.31. The van der Waals surface area contributed by atoms with Gasteiger partial charge in [-0.25, -0.2) is 4.98 Å². The molecule has 1 heterocycles. The SMILES string of the molecule is N#Cc1cc(NC2CCCCCC2)nc2ccccc12. The maximum atomic E-state index is 9.31. The van der Waals surface area contributed by atoms with Crippen LogP contribution in [0.1, 0.15) is 44.1 Å². The molecule has 2 aromatic rings. The number of aromatic nitrogens is 1. The summed E-state index contributed by atoms with van der Waals surface area (Å²) in [5, 5.41) is 13.8. The second-order valence-corrected chi connectivity index (χ2v) is 5.52. The Morgan fingerprint density at radius 1 is 1.10 bits per heavy atom. The summed E-state index contributed by atoms with van der Waals surface area (Å²) in [6, 6.07) is 12.5. The topological polar surface area (TPSA) is 48.7 Å². The summed E-state index contributed by atoms with van der Waals surface area (Å²) in [6.07, 6.45) is 7.67. The van der Waals surface area contributed by atoms with E-state index in [0.29, 0.717) is 11.6 Å². The molecule has 1 fully saturated rings. The molecule has 1 aromatic carbocycles. The van der Waals surface area contributed by atoms with Gasteiger partial charge in [0, 0.05) is 11.4 Å². The van der Waals surface area contributed by atoms with Gasteiger partial charge in [0.05, 0.1) is 17.1 Å². The number of nitrogens with zero attached hydrogens (tertiary/aromatic N) is 2. The van der Waals surface area contributed by atoms with Gasteiger partial charge in [0.25, 0.3) is 0 Å². The van der Waals surface area contributed by atoms with E-state index in [2.05, 4.69) is 16.4 Å². The molecule has 0 spiro atoms. The van der Waals surface area contributed by atoms with Crippen molar-refractivity contribution >= 4 is 16.7 Å². The predicted octanol–water partition coefficient (Wildman–Crippen LogP) is 4.24. The van der Waals surface area contributed by atoms with Crippen LogP contribution < -0.4 is 5.32 Å². The van der Waals surface area contributed by atoms with Gasteiger partial charge in [0.2, 0.25) is 0 Å². The van der Waals surface area contributed by atoms with Crippen LogP contribution in [0.4, 0.5) is 5.82 Å². The number of anilines is 1. The van der Waals surface area contributed by atoms with Gasteiger partial charge in [0.1, 0.15) is 5.82 Å². The Balaban J connectivity index is 1.89. The lowest BCUT2D eigenvalue weighted by atomic mass is 10.1. The van der Waals surface area contributed by atoms with Crippen molar-refractivity contribution in [3.05, 3.63) is 35.9 Å². The van der Waals surface area contributed by atoms with E-state index in [-0.39, 0.29) is 0 Å². The third-order valence-electron chi connectivity index (χ3n) is 4.04. The van der Waals surface area contributed by atoms with E-state index in [1.807, 2.05) is 30.3 Å². The second kappa shape index (κ2) is 5.92. The van der Waals surface area contributed by atoms with Gasteiger partial charge < -0.3 is 5.32 Å². The van der Waals surface area contributed by atoms with Crippen molar-refractivity contribution in [2.75, 3.05) is 5.32 Å². The van der Waals surface area contributed by atoms with Gasteiger partial charge in [-0.2, -0.15) is 5.26 Å². The Hall–Kier alpha value is -2.08. The Labute approximate surface area is 119 Å². The number of rotatable bonds is 2. The first-order valence-corrected chi connectivity index (χ1v) is 7.43. The Morgan fingerprint density at radius 2 is 1.85 bits per heavy atom. The van der Waals surface area contributed by atoms with E-state index in [9.17, 15) is 5.26 Å². The first-order valence-electron chi connectivity index (χ1n) is 7.43. The number of pyridine rings is 1. The summed E-state index contributed by atoms with van der Waals surface area (Å²) < 4.78 is 0. The fraction of sp³-hybridized carbons (Fsp3) is 0.412. The third kappa shape index (κ3) is 2.75. The van der Waals surface area contributed by atoms with Crippen LogP contribution in [-0.2, 0) is 0 Å². The number of para-hydroxylation sites is 1. The standard InChI is InChI=1S/C17H19N3/c18-12-13-11-17(19-14-7-3-1-2-4-8-14)20-16-10-6-5-9-15(13)16/h5-6,9-11,14H,1-4,7-8H2,(H,19,20). The number of fused-ring (bicyclic) bond motifs is 1. The van der Waals surface area contributed by atoms with Gasteiger partial charge in [-0.3, -0.25) is 0 Å². The van der Waals surface area contributed by atoms with E-state index >= 15 is 0 Å². The smallest absolute Gasteiger partial charge is 0.128 e. The Bertz CT molecular complexity index is 634. The van der Waals surface area contributed by atoms with E-state index < -0.39 is 0 Å². The van der Waals surface area contributed by atoms with Gasteiger partial charge in [0.15, 0.2) is 0 Å². The van der Waals surface area contributed by atoms with E-state index in [4.69, 9.17) is 0 Å². The van der Waals surface area contributed by atoms with Crippen LogP contribution >= 0.6 is 0 Å². The number of nitriles is 1. The van der Waals surface area contributed by atoms with Gasteiger partial charge in [-0.1, -0.05) is 43.9 Å². The molecule has 0 bridgehead atoms. The van der Waals surface area contributed by atoms with E-state index in [0.717, 1.165) is 16.7 Å². The first kappa shape index (κ1) is 12.9. The minimum Gasteiger partial charge on any atom is -0.367 e. The summed E-state index contributed by atoms with van der Waals surface area (Å²) in [6.45, 7) is 0. The molecule has 0 saturated heterocycles. The van der Waals surface area contributed by atoms with E-state index in [1.54, 1.807) is 0 Å². The van der Waals surface area contributed by atoms with Crippen LogP contribution in [0.3, 0.4) is 0 Å². The molecule has 0 aliphatic heterocycles. The minimum absolute atomic E-state index is 0.498. The van der Waals surface area contributed by atoms with Crippen molar-refractivity contribution in [2.24, 2.45) is 0 Å². The molecule has 0 atom stereocenters. The highest BCUT2D eigenvalue weighted by molar-refractivity contribution is 5.86. The van der Waals surface area contributed by atoms with Crippen molar-refractivity contribution < 1.29 is 0 Å². The molecule has 0 unspecified atom stereocenters. The summed E-state index contributed by atoms with van der Waals surface area (Å²) in [7, 11) is 0. The zero-order valence-corrected chi connectivity index (χ0v) is 11.6. The Kier molecular flexibility index (Phi) is 3.83. The zero-order valence-electron chi connectivity index (χ0n) is 11.6. The van der Waals surface area contributed by atoms with Crippen LogP contribution in [-0.4, -0.2) is 11.0 Å². The molecular formula is C17H19N3.